The third-order valence-corrected chi connectivity index (χ3v) is 2.26. The molecule has 0 bridgehead atoms. The molecule has 0 aliphatic carbocycles. The number of nitrogens with two attached hydrogens (primary N) is 1. The van der Waals surface area contributed by atoms with Gasteiger partial charge in [-0.2, -0.15) is 0 Å². The molecule has 0 aliphatic heterocycles. The monoisotopic (exact) mass is 240 g/mol. The van der Waals surface area contributed by atoms with Crippen LogP contribution in [0.5, 0.6) is 0 Å². The van der Waals surface area contributed by atoms with E-state index in [1.807, 2.05) is 19.0 Å². The molecule has 0 spiro atoms. The molecule has 0 aliphatic rings. The summed E-state index contributed by atoms with van der Waals surface area (Å²) in [5.74, 6) is 0.126. The zero-order chi connectivity index (χ0) is 13.0. The Balaban J connectivity index is 2.96. The summed E-state index contributed by atoms with van der Waals surface area (Å²) in [4.78, 5) is 21.5. The van der Waals surface area contributed by atoms with Gasteiger partial charge in [0.15, 0.2) is 0 Å². The van der Waals surface area contributed by atoms with Crippen LogP contribution in [0, 0.1) is 10.1 Å². The molecule has 8 nitrogen and oxygen atoms in total. The van der Waals surface area contributed by atoms with Crippen LogP contribution in [0.25, 0.3) is 0 Å². The summed E-state index contributed by atoms with van der Waals surface area (Å²) in [5, 5.41) is 10.9. The van der Waals surface area contributed by atoms with E-state index in [9.17, 15) is 10.1 Å². The minimum Gasteiger partial charge on any atom is -0.378 e. The summed E-state index contributed by atoms with van der Waals surface area (Å²) < 4.78 is 0. The normalized spacial score (nSPS) is 10.6. The lowest BCUT2D eigenvalue weighted by molar-refractivity contribution is -0.383. The van der Waals surface area contributed by atoms with Gasteiger partial charge in [0.05, 0.1) is 4.92 Å². The van der Waals surface area contributed by atoms with Gasteiger partial charge in [0.25, 0.3) is 0 Å². The second-order valence-corrected chi connectivity index (χ2v) is 3.91. The van der Waals surface area contributed by atoms with E-state index in [0.717, 1.165) is 6.54 Å². The van der Waals surface area contributed by atoms with E-state index in [-0.39, 0.29) is 17.3 Å². The van der Waals surface area contributed by atoms with Gasteiger partial charge in [-0.25, -0.2) is 9.97 Å². The van der Waals surface area contributed by atoms with Crippen molar-refractivity contribution < 1.29 is 4.92 Å². The molecule has 17 heavy (non-hydrogen) atoms. The zero-order valence-corrected chi connectivity index (χ0v) is 10.1. The number of nitrogen functional groups attached to an aromatic ring is 1. The Kier molecular flexibility index (Phi) is 4.16. The Morgan fingerprint density at radius 2 is 2.00 bits per heavy atom. The predicted molar refractivity (Wildman–Crippen MR) is 64.9 cm³/mol. The van der Waals surface area contributed by atoms with Crippen molar-refractivity contribution in [2.45, 2.75) is 0 Å². The molecule has 0 amide bonds. The van der Waals surface area contributed by atoms with E-state index in [2.05, 4.69) is 9.97 Å². The molecule has 0 aromatic carbocycles. The van der Waals surface area contributed by atoms with Crippen molar-refractivity contribution in [2.75, 3.05) is 44.9 Å². The average molecular weight is 240 g/mol. The van der Waals surface area contributed by atoms with Crippen LogP contribution < -0.4 is 10.6 Å². The minimum atomic E-state index is -0.559. The van der Waals surface area contributed by atoms with Gasteiger partial charge < -0.3 is 15.5 Å². The average Bonchev–Trinajstić information content (AvgIpc) is 2.24. The van der Waals surface area contributed by atoms with Crippen LogP contribution in [-0.4, -0.2) is 54.0 Å². The van der Waals surface area contributed by atoms with Crippen molar-refractivity contribution in [3.63, 3.8) is 0 Å². The molecule has 8 heteroatoms. The fourth-order valence-corrected chi connectivity index (χ4v) is 1.29. The first-order valence-electron chi connectivity index (χ1n) is 5.04. The van der Waals surface area contributed by atoms with Crippen molar-refractivity contribution in [1.29, 1.82) is 0 Å². The Morgan fingerprint density at radius 3 is 2.53 bits per heavy atom. The van der Waals surface area contributed by atoms with Gasteiger partial charge in [0.2, 0.25) is 11.6 Å². The SMILES string of the molecule is CN(C)CCN(C)c1ncnc(N)c1[N+](=O)[O-]. The maximum Gasteiger partial charge on any atom is 0.353 e. The second-order valence-electron chi connectivity index (χ2n) is 3.91. The van der Waals surface area contributed by atoms with Gasteiger partial charge in [0.1, 0.15) is 6.33 Å². The second kappa shape index (κ2) is 5.39. The number of hydrogen-bond acceptors (Lipinski definition) is 7. The minimum absolute atomic E-state index is 0.114. The van der Waals surface area contributed by atoms with E-state index in [4.69, 9.17) is 5.73 Å². The Bertz CT molecular complexity index is 408. The Hall–Kier alpha value is -1.96. The smallest absolute Gasteiger partial charge is 0.353 e. The van der Waals surface area contributed by atoms with Crippen molar-refractivity contribution in [1.82, 2.24) is 14.9 Å². The number of likely N-dealkylation sites (N-methyl/N-ethyl adjacent to an activating group) is 2. The van der Waals surface area contributed by atoms with E-state index in [0.29, 0.717) is 6.54 Å². The largest absolute Gasteiger partial charge is 0.378 e. The van der Waals surface area contributed by atoms with Crippen LogP contribution in [0.3, 0.4) is 0 Å². The lowest BCUT2D eigenvalue weighted by atomic mass is 10.4. The molecule has 2 N–H and O–H groups in total. The number of nitro groups is 1. The molecule has 0 unspecified atom stereocenters. The number of anilines is 2. The molecule has 0 saturated carbocycles. The van der Waals surface area contributed by atoms with Gasteiger partial charge >= 0.3 is 5.69 Å². The van der Waals surface area contributed by atoms with E-state index >= 15 is 0 Å². The third-order valence-electron chi connectivity index (χ3n) is 2.26. The van der Waals surface area contributed by atoms with Crippen LogP contribution in [0.2, 0.25) is 0 Å². The van der Waals surface area contributed by atoms with Gasteiger partial charge in [-0.3, -0.25) is 10.1 Å². The molecule has 0 fully saturated rings. The lowest BCUT2D eigenvalue weighted by Crippen LogP contribution is -2.29. The summed E-state index contributed by atoms with van der Waals surface area (Å²) in [6.45, 7) is 1.38. The first kappa shape index (κ1) is 13.1. The van der Waals surface area contributed by atoms with Crippen molar-refractivity contribution in [2.24, 2.45) is 0 Å². The molecular formula is C9H16N6O2. The molecule has 0 atom stereocenters. The highest BCUT2D eigenvalue weighted by Crippen LogP contribution is 2.28. The Morgan fingerprint density at radius 1 is 1.35 bits per heavy atom. The maximum absolute atomic E-state index is 10.9. The summed E-state index contributed by atoms with van der Waals surface area (Å²) >= 11 is 0. The first-order chi connectivity index (χ1) is 7.93. The highest BCUT2D eigenvalue weighted by Gasteiger charge is 2.23. The highest BCUT2D eigenvalue weighted by atomic mass is 16.6. The van der Waals surface area contributed by atoms with Gasteiger partial charge in [0, 0.05) is 20.1 Å². The van der Waals surface area contributed by atoms with Crippen LogP contribution in [0.4, 0.5) is 17.3 Å². The molecule has 1 heterocycles. The predicted octanol–water partition coefficient (Wildman–Crippen LogP) is -0.0352. The van der Waals surface area contributed by atoms with Crippen molar-refractivity contribution in [3.05, 3.63) is 16.4 Å². The molecule has 0 saturated heterocycles. The summed E-state index contributed by atoms with van der Waals surface area (Å²) in [6.07, 6.45) is 1.23. The van der Waals surface area contributed by atoms with Gasteiger partial charge in [-0.15, -0.1) is 0 Å². The maximum atomic E-state index is 10.9. The fourth-order valence-electron chi connectivity index (χ4n) is 1.29. The van der Waals surface area contributed by atoms with Crippen molar-refractivity contribution >= 4 is 17.3 Å². The number of rotatable bonds is 5. The number of nitrogens with zero attached hydrogens (tertiary/aromatic N) is 5. The highest BCUT2D eigenvalue weighted by molar-refractivity contribution is 5.68. The molecule has 1 aromatic heterocycles. The summed E-state index contributed by atoms with van der Waals surface area (Å²) in [7, 11) is 5.59. The molecule has 1 rings (SSSR count). The third kappa shape index (κ3) is 3.25. The van der Waals surface area contributed by atoms with Crippen LogP contribution in [-0.2, 0) is 0 Å². The summed E-state index contributed by atoms with van der Waals surface area (Å²) in [6, 6.07) is 0. The van der Waals surface area contributed by atoms with Gasteiger partial charge in [-0.1, -0.05) is 0 Å². The molecule has 1 aromatic rings. The number of aromatic nitrogens is 2. The van der Waals surface area contributed by atoms with Crippen LogP contribution in [0.1, 0.15) is 0 Å². The molecule has 0 radical (unpaired) electrons. The van der Waals surface area contributed by atoms with Crippen LogP contribution in [0.15, 0.2) is 6.33 Å². The topological polar surface area (TPSA) is 101 Å². The van der Waals surface area contributed by atoms with Crippen molar-refractivity contribution in [3.8, 4) is 0 Å². The zero-order valence-electron chi connectivity index (χ0n) is 10.1. The fraction of sp³-hybridized carbons (Fsp3) is 0.556. The standard InChI is InChI=1S/C9H16N6O2/c1-13(2)4-5-14(3)9-7(15(16)17)8(10)11-6-12-9/h6H,4-5H2,1-3H3,(H2,10,11,12). The van der Waals surface area contributed by atoms with E-state index in [1.165, 1.54) is 6.33 Å². The molecular weight excluding hydrogens is 224 g/mol. The van der Waals surface area contributed by atoms with E-state index in [1.54, 1.807) is 11.9 Å². The summed E-state index contributed by atoms with van der Waals surface area (Å²) in [5.41, 5.74) is 5.24. The van der Waals surface area contributed by atoms with E-state index < -0.39 is 4.92 Å². The Labute approximate surface area is 99.2 Å². The van der Waals surface area contributed by atoms with Gasteiger partial charge in [-0.05, 0) is 14.1 Å². The van der Waals surface area contributed by atoms with Crippen LogP contribution >= 0.6 is 0 Å². The lowest BCUT2D eigenvalue weighted by Gasteiger charge is -2.20. The number of hydrogen-bond donors (Lipinski definition) is 1. The molecule has 94 valence electrons. The first-order valence-corrected chi connectivity index (χ1v) is 5.04. The quantitative estimate of drug-likeness (QED) is 0.569.